The van der Waals surface area contributed by atoms with Gasteiger partial charge in [-0.1, -0.05) is 29.8 Å². The van der Waals surface area contributed by atoms with Crippen LogP contribution in [0.2, 0.25) is 5.02 Å². The van der Waals surface area contributed by atoms with E-state index in [-0.39, 0.29) is 17.7 Å². The van der Waals surface area contributed by atoms with E-state index in [1.165, 1.54) is 13.3 Å². The summed E-state index contributed by atoms with van der Waals surface area (Å²) in [6, 6.07) is 16.7. The Morgan fingerprint density at radius 1 is 1.15 bits per heavy atom. The molecule has 2 amide bonds. The Labute approximate surface area is 231 Å². The van der Waals surface area contributed by atoms with Gasteiger partial charge in [0, 0.05) is 55.6 Å². The fourth-order valence-corrected chi connectivity index (χ4v) is 5.24. The summed E-state index contributed by atoms with van der Waals surface area (Å²) in [6.07, 6.45) is 4.15. The number of rotatable bonds is 8. The van der Waals surface area contributed by atoms with Gasteiger partial charge < -0.3 is 25.2 Å². The highest BCUT2D eigenvalue weighted by molar-refractivity contribution is 6.30. The van der Waals surface area contributed by atoms with Gasteiger partial charge in [-0.05, 0) is 60.7 Å². The van der Waals surface area contributed by atoms with Gasteiger partial charge in [0.15, 0.2) is 0 Å². The molecule has 1 unspecified atom stereocenters. The molecule has 3 N–H and O–H groups in total. The molecule has 39 heavy (non-hydrogen) atoms. The lowest BCUT2D eigenvalue weighted by atomic mass is 9.87. The second kappa shape index (κ2) is 11.8. The molecular formula is C29H31ClN6O3. The number of likely N-dealkylation sites (tertiary alicyclic amines) is 1. The molecule has 1 aliphatic heterocycles. The number of amides is 2. The summed E-state index contributed by atoms with van der Waals surface area (Å²) < 4.78 is 0. The van der Waals surface area contributed by atoms with Gasteiger partial charge in [-0.25, -0.2) is 9.97 Å². The highest BCUT2D eigenvalue weighted by Crippen LogP contribution is 2.33. The van der Waals surface area contributed by atoms with E-state index < -0.39 is 6.10 Å². The van der Waals surface area contributed by atoms with Gasteiger partial charge in [0.25, 0.3) is 5.91 Å². The van der Waals surface area contributed by atoms with Gasteiger partial charge in [-0.3, -0.25) is 9.59 Å². The van der Waals surface area contributed by atoms with Gasteiger partial charge in [-0.2, -0.15) is 0 Å². The van der Waals surface area contributed by atoms with Gasteiger partial charge in [0.1, 0.15) is 17.8 Å². The molecule has 0 bridgehead atoms. The maximum atomic E-state index is 13.5. The molecule has 0 aliphatic carbocycles. The van der Waals surface area contributed by atoms with Crippen LogP contribution in [0.25, 0.3) is 11.0 Å². The van der Waals surface area contributed by atoms with Crippen LogP contribution in [-0.4, -0.2) is 63.0 Å². The quantitative estimate of drug-likeness (QED) is 0.300. The number of fused-ring (bicyclic) bond motifs is 1. The largest absolute Gasteiger partial charge is 0.388 e. The molecule has 9 nitrogen and oxygen atoms in total. The molecule has 202 valence electrons. The van der Waals surface area contributed by atoms with Crippen LogP contribution in [-0.2, 0) is 4.79 Å². The monoisotopic (exact) mass is 546 g/mol. The normalized spacial score (nSPS) is 14.8. The minimum Gasteiger partial charge on any atom is -0.388 e. The second-order valence-corrected chi connectivity index (χ2v) is 10.2. The molecule has 10 heteroatoms. The van der Waals surface area contributed by atoms with Crippen molar-refractivity contribution in [2.24, 2.45) is 5.92 Å². The van der Waals surface area contributed by atoms with Crippen molar-refractivity contribution < 1.29 is 14.7 Å². The van der Waals surface area contributed by atoms with Gasteiger partial charge >= 0.3 is 0 Å². The predicted molar refractivity (Wildman–Crippen MR) is 151 cm³/mol. The van der Waals surface area contributed by atoms with Crippen LogP contribution in [0.1, 0.15) is 41.8 Å². The standard InChI is InChI=1S/C29H31ClN6O3/c1-19(37)31-13-16-36(28-25-9-12-32-27(25)33-18-34-28)24-4-2-3-22(17-24)29(39)35-14-10-21(11-15-35)26(38)20-5-7-23(30)8-6-20/h2-9,12,17-18,21,26,38H,10-11,13-16H2,1H3,(H,31,37)(H,32,33,34). The summed E-state index contributed by atoms with van der Waals surface area (Å²) >= 11 is 5.98. The molecule has 1 atom stereocenters. The van der Waals surface area contributed by atoms with Crippen molar-refractivity contribution >= 4 is 46.0 Å². The number of aliphatic hydroxyl groups is 1. The van der Waals surface area contributed by atoms with Crippen molar-refractivity contribution in [2.75, 3.05) is 31.1 Å². The molecule has 1 aliphatic rings. The van der Waals surface area contributed by atoms with E-state index in [0.29, 0.717) is 61.1 Å². The summed E-state index contributed by atoms with van der Waals surface area (Å²) in [5.41, 5.74) is 2.92. The van der Waals surface area contributed by atoms with E-state index in [0.717, 1.165) is 16.6 Å². The minimum absolute atomic E-state index is 0.0485. The van der Waals surface area contributed by atoms with E-state index in [1.54, 1.807) is 12.1 Å². The van der Waals surface area contributed by atoms with Crippen LogP contribution in [0.3, 0.4) is 0 Å². The number of benzene rings is 2. The number of hydrogen-bond acceptors (Lipinski definition) is 6. The molecule has 2 aromatic heterocycles. The number of nitrogens with one attached hydrogen (secondary N) is 2. The zero-order chi connectivity index (χ0) is 27.4. The number of carbonyl (C=O) groups excluding carboxylic acids is 2. The maximum Gasteiger partial charge on any atom is 0.253 e. The van der Waals surface area contributed by atoms with E-state index >= 15 is 0 Å². The Kier molecular flexibility index (Phi) is 8.09. The molecule has 0 spiro atoms. The summed E-state index contributed by atoms with van der Waals surface area (Å²) in [5.74, 6) is 0.603. The number of H-pyrrole nitrogens is 1. The lowest BCUT2D eigenvalue weighted by molar-refractivity contribution is -0.118. The van der Waals surface area contributed by atoms with Crippen molar-refractivity contribution in [3.05, 3.63) is 83.3 Å². The van der Waals surface area contributed by atoms with Crippen LogP contribution < -0.4 is 10.2 Å². The Morgan fingerprint density at radius 2 is 1.92 bits per heavy atom. The minimum atomic E-state index is -0.585. The van der Waals surface area contributed by atoms with Crippen molar-refractivity contribution in [3.63, 3.8) is 0 Å². The molecule has 1 saturated heterocycles. The number of piperidine rings is 1. The number of aromatic nitrogens is 3. The van der Waals surface area contributed by atoms with Crippen molar-refractivity contribution in [2.45, 2.75) is 25.9 Å². The first kappa shape index (κ1) is 26.6. The fraction of sp³-hybridized carbons (Fsp3) is 0.310. The van der Waals surface area contributed by atoms with E-state index in [1.807, 2.05) is 58.5 Å². The van der Waals surface area contributed by atoms with Crippen LogP contribution in [0.4, 0.5) is 11.5 Å². The van der Waals surface area contributed by atoms with Gasteiger partial charge in [-0.15, -0.1) is 0 Å². The molecule has 0 saturated carbocycles. The number of anilines is 2. The van der Waals surface area contributed by atoms with Crippen LogP contribution in [0, 0.1) is 5.92 Å². The SMILES string of the molecule is CC(=O)NCCN(c1cccc(C(=O)N2CCC(C(O)c3ccc(Cl)cc3)CC2)c1)c1ncnc2[nH]ccc12. The fourth-order valence-electron chi connectivity index (χ4n) is 5.11. The first-order valence-corrected chi connectivity index (χ1v) is 13.4. The summed E-state index contributed by atoms with van der Waals surface area (Å²) in [6.45, 7) is 3.49. The Hall–Kier alpha value is -3.95. The topological polar surface area (TPSA) is 114 Å². The Bertz CT molecular complexity index is 1450. The zero-order valence-electron chi connectivity index (χ0n) is 21.7. The van der Waals surface area contributed by atoms with Gasteiger partial charge in [0.2, 0.25) is 5.91 Å². The predicted octanol–water partition coefficient (Wildman–Crippen LogP) is 4.47. The second-order valence-electron chi connectivity index (χ2n) is 9.75. The third kappa shape index (κ3) is 6.05. The third-order valence-corrected chi connectivity index (χ3v) is 7.44. The van der Waals surface area contributed by atoms with Crippen molar-refractivity contribution in [1.29, 1.82) is 0 Å². The molecule has 0 radical (unpaired) electrons. The summed E-state index contributed by atoms with van der Waals surface area (Å²) in [4.78, 5) is 40.8. The Balaban J connectivity index is 1.32. The number of halogens is 1. The number of aromatic amines is 1. The molecule has 1 fully saturated rings. The van der Waals surface area contributed by atoms with E-state index in [4.69, 9.17) is 11.6 Å². The molecule has 3 heterocycles. The first-order valence-electron chi connectivity index (χ1n) is 13.0. The van der Waals surface area contributed by atoms with E-state index in [9.17, 15) is 14.7 Å². The van der Waals surface area contributed by atoms with Crippen LogP contribution >= 0.6 is 11.6 Å². The zero-order valence-corrected chi connectivity index (χ0v) is 22.4. The number of hydrogen-bond donors (Lipinski definition) is 3. The molecule has 4 aromatic rings. The highest BCUT2D eigenvalue weighted by Gasteiger charge is 2.29. The van der Waals surface area contributed by atoms with Gasteiger partial charge in [0.05, 0.1) is 11.5 Å². The Morgan fingerprint density at radius 3 is 2.67 bits per heavy atom. The number of nitrogens with zero attached hydrogens (tertiary/aromatic N) is 4. The molecule has 5 rings (SSSR count). The van der Waals surface area contributed by atoms with Crippen molar-refractivity contribution in [3.8, 4) is 0 Å². The summed E-state index contributed by atoms with van der Waals surface area (Å²) in [7, 11) is 0. The van der Waals surface area contributed by atoms with E-state index in [2.05, 4.69) is 20.3 Å². The average molecular weight is 547 g/mol. The molecular weight excluding hydrogens is 516 g/mol. The molecule has 2 aromatic carbocycles. The average Bonchev–Trinajstić information content (AvgIpc) is 3.45. The lowest BCUT2D eigenvalue weighted by Gasteiger charge is -2.34. The third-order valence-electron chi connectivity index (χ3n) is 7.19. The lowest BCUT2D eigenvalue weighted by Crippen LogP contribution is -2.39. The van der Waals surface area contributed by atoms with Crippen LogP contribution in [0.5, 0.6) is 0 Å². The smallest absolute Gasteiger partial charge is 0.253 e. The number of carbonyl (C=O) groups is 2. The van der Waals surface area contributed by atoms with Crippen LogP contribution in [0.15, 0.2) is 67.1 Å². The summed E-state index contributed by atoms with van der Waals surface area (Å²) in [5, 5.41) is 15.2. The van der Waals surface area contributed by atoms with Crippen molar-refractivity contribution in [1.82, 2.24) is 25.2 Å². The highest BCUT2D eigenvalue weighted by atomic mass is 35.5. The number of aliphatic hydroxyl groups excluding tert-OH is 1. The maximum absolute atomic E-state index is 13.5. The first-order chi connectivity index (χ1) is 18.9.